The fraction of sp³-hybridized carbons (Fsp3) is 0.605. The number of anilines is 5. The number of nitrogens with zero attached hydrogens (tertiary/aromatic N) is 16. The molecule has 5 amide bonds. The molecule has 0 aromatic carbocycles. The maximum absolute atomic E-state index is 12.0. The second-order valence-corrected chi connectivity index (χ2v) is 32.8. The Balaban J connectivity index is 0.000000225. The maximum Gasteiger partial charge on any atom is 0.410 e. The van der Waals surface area contributed by atoms with Gasteiger partial charge in [-0.3, -0.25) is 0 Å². The van der Waals surface area contributed by atoms with Crippen LogP contribution in [0.4, 0.5) is 53.1 Å². The van der Waals surface area contributed by atoms with Crippen LogP contribution in [0.1, 0.15) is 201 Å². The third-order valence-corrected chi connectivity index (χ3v) is 17.4. The molecule has 0 saturated carbocycles. The van der Waals surface area contributed by atoms with Gasteiger partial charge in [-0.1, -0.05) is 0 Å². The molecule has 10 rings (SSSR count). The minimum Gasteiger partial charge on any atom is -0.477 e. The van der Waals surface area contributed by atoms with Crippen molar-refractivity contribution in [3.05, 3.63) is 90.4 Å². The standard InChI is InChI=1S/2C16H24N4O4.2C15H22N4O4.C14H20N4O4/c1-16(2,3)24-15(23)17-9-11-4-6-20(7-5-11)13-8-12(14(21)22)18-10-19-13;1-16(2,3)24-15(23)20-6-4-11(5-7-20)9-17-13-8-12(14(21)22)18-10-19-13;1-15(2,3)23-14(22)18-10-4-6-19(7-5-10)12-8-11(13(20)21)16-9-17-12;1-15(2,3)23-14(22)16-7-10-4-5-19(8-10)12-6-11(13(20)21)17-9-18-12;1-14(2,3)22-13(21)18-6-4-17(5-7-18)11-8-10(12(19)20)15-9-16-11/h8,10-11H,4-7,9H2,1-3H3,(H,17,23)(H,21,22);8,10-11H,4-7,9H2,1-3H3,(H,21,22)(H,17,18,19);8-10H,4-7H2,1-3H3,(H,18,22)(H,20,21);6,9-10H,4-5,7-8H2,1-3H3,(H,16,22)(H,20,21);8-9H,4-7H2,1-3H3,(H,19,20)/t;;;10-;/m...1./s1. The average molecular weight is 1630 g/mol. The molecule has 5 saturated heterocycles. The van der Waals surface area contributed by atoms with Gasteiger partial charge in [-0.15, -0.1) is 0 Å². The fourth-order valence-electron chi connectivity index (χ4n) is 11.8. The minimum atomic E-state index is -1.09. The molecule has 0 radical (unpaired) electrons. The monoisotopic (exact) mass is 1620 g/mol. The molecule has 5 aromatic rings. The summed E-state index contributed by atoms with van der Waals surface area (Å²) in [4.78, 5) is 164. The summed E-state index contributed by atoms with van der Waals surface area (Å²) in [5, 5.41) is 56.4. The van der Waals surface area contributed by atoms with Crippen LogP contribution in [0.15, 0.2) is 62.0 Å². The van der Waals surface area contributed by atoms with E-state index in [-0.39, 0.29) is 52.6 Å². The smallest absolute Gasteiger partial charge is 0.410 e. The lowest BCUT2D eigenvalue weighted by Gasteiger charge is -2.36. The van der Waals surface area contributed by atoms with Crippen molar-refractivity contribution in [1.29, 1.82) is 0 Å². The molecule has 5 aliphatic rings. The molecule has 5 aromatic heterocycles. The first-order chi connectivity index (χ1) is 54.2. The zero-order chi connectivity index (χ0) is 85.9. The lowest BCUT2D eigenvalue weighted by atomic mass is 9.97. The first-order valence-corrected chi connectivity index (χ1v) is 38.1. The number of likely N-dealkylation sites (tertiary alicyclic amines) is 1. The lowest BCUT2D eigenvalue weighted by molar-refractivity contribution is 0.0184. The second-order valence-electron chi connectivity index (χ2n) is 32.8. The van der Waals surface area contributed by atoms with Gasteiger partial charge in [0.1, 0.15) is 88.7 Å². The van der Waals surface area contributed by atoms with E-state index in [2.05, 4.69) is 71.1 Å². The van der Waals surface area contributed by atoms with Gasteiger partial charge in [0.15, 0.2) is 28.5 Å². The zero-order valence-electron chi connectivity index (χ0n) is 68.7. The summed E-state index contributed by atoms with van der Waals surface area (Å²) in [6.07, 6.45) is 10.3. The highest BCUT2D eigenvalue weighted by molar-refractivity contribution is 5.88. The Morgan fingerprint density at radius 3 is 1.01 bits per heavy atom. The average Bonchev–Trinajstić information content (AvgIpc) is 1.24. The summed E-state index contributed by atoms with van der Waals surface area (Å²) in [7, 11) is 0. The van der Waals surface area contributed by atoms with Crippen molar-refractivity contribution in [3.8, 4) is 0 Å². The number of ether oxygens (including phenoxy) is 5. The Hall–Kier alpha value is -11.9. The van der Waals surface area contributed by atoms with Crippen molar-refractivity contribution in [2.45, 2.75) is 183 Å². The summed E-state index contributed by atoms with van der Waals surface area (Å²) < 4.78 is 26.4. The topological polar surface area (TPSA) is 514 Å². The Kier molecular flexibility index (Phi) is 34.0. The highest BCUT2D eigenvalue weighted by Crippen LogP contribution is 2.27. The Morgan fingerprint density at radius 2 is 0.629 bits per heavy atom. The molecule has 0 aliphatic carbocycles. The van der Waals surface area contributed by atoms with Crippen molar-refractivity contribution in [1.82, 2.24) is 75.6 Å². The third kappa shape index (κ3) is 34.0. The fourth-order valence-corrected chi connectivity index (χ4v) is 11.8. The van der Waals surface area contributed by atoms with Crippen LogP contribution < -0.4 is 40.9 Å². The molecule has 0 bridgehead atoms. The van der Waals surface area contributed by atoms with Gasteiger partial charge in [-0.2, -0.15) is 0 Å². The van der Waals surface area contributed by atoms with E-state index in [1.807, 2.05) is 123 Å². The number of carboxylic acid groups (broad SMARTS) is 5. The van der Waals surface area contributed by atoms with Crippen LogP contribution in [0, 0.1) is 17.8 Å². The number of hydrogen-bond donors (Lipinski definition) is 9. The number of piperazine rings is 1. The molecule has 116 heavy (non-hydrogen) atoms. The third-order valence-electron chi connectivity index (χ3n) is 17.4. The van der Waals surface area contributed by atoms with Gasteiger partial charge in [-0.05, 0) is 167 Å². The van der Waals surface area contributed by atoms with E-state index >= 15 is 0 Å². The van der Waals surface area contributed by atoms with E-state index in [1.165, 1.54) is 62.0 Å². The van der Waals surface area contributed by atoms with E-state index < -0.39 is 76.1 Å². The van der Waals surface area contributed by atoms with Crippen LogP contribution in [0.2, 0.25) is 0 Å². The number of aromatic carboxylic acids is 5. The van der Waals surface area contributed by atoms with Gasteiger partial charge in [0.2, 0.25) is 0 Å². The predicted molar refractivity (Wildman–Crippen MR) is 422 cm³/mol. The van der Waals surface area contributed by atoms with Crippen molar-refractivity contribution < 1.29 is 97.2 Å². The van der Waals surface area contributed by atoms with Gasteiger partial charge in [0, 0.05) is 135 Å². The normalized spacial score (nSPS) is 16.2. The number of amides is 5. The SMILES string of the molecule is CC(C)(C)OC(=O)N1CCC(CNc2cc(C(=O)O)ncn2)CC1.CC(C)(C)OC(=O)N1CCN(c2cc(C(=O)O)ncn2)CC1.CC(C)(C)OC(=O)NC1CCN(c2cc(C(=O)O)ncn2)CC1.CC(C)(C)OC(=O)NCC1CCN(c2cc(C(=O)O)ncn2)CC1.CC(C)(C)OC(=O)NC[C@H]1CCN(c2cc(C(=O)O)ncn2)C1. The molecule has 9 N–H and O–H groups in total. The van der Waals surface area contributed by atoms with Crippen molar-refractivity contribution >= 4 is 89.4 Å². The summed E-state index contributed by atoms with van der Waals surface area (Å²) in [5.74, 6) is -1.48. The van der Waals surface area contributed by atoms with Gasteiger partial charge in [0.05, 0.1) is 0 Å². The van der Waals surface area contributed by atoms with Crippen LogP contribution in [-0.2, 0) is 23.7 Å². The van der Waals surface area contributed by atoms with Gasteiger partial charge in [0.25, 0.3) is 0 Å². The number of hydrogen-bond acceptors (Lipinski definition) is 30. The molecule has 5 fully saturated rings. The Bertz CT molecular complexity index is 4060. The number of rotatable bonds is 17. The van der Waals surface area contributed by atoms with Crippen molar-refractivity contribution in [2.75, 3.05) is 123 Å². The van der Waals surface area contributed by atoms with E-state index in [9.17, 15) is 47.9 Å². The van der Waals surface area contributed by atoms with Crippen molar-refractivity contribution in [3.63, 3.8) is 0 Å². The Labute approximate surface area is 673 Å². The first-order valence-electron chi connectivity index (χ1n) is 38.1. The van der Waals surface area contributed by atoms with Gasteiger partial charge in [-0.25, -0.2) is 97.8 Å². The van der Waals surface area contributed by atoms with Gasteiger partial charge >= 0.3 is 60.3 Å². The van der Waals surface area contributed by atoms with Crippen LogP contribution >= 0.6 is 0 Å². The summed E-state index contributed by atoms with van der Waals surface area (Å²) in [6, 6.07) is 7.31. The highest BCUT2D eigenvalue weighted by atomic mass is 16.6. The molecule has 0 unspecified atom stereocenters. The predicted octanol–water partition coefficient (Wildman–Crippen LogP) is 8.58. The molecule has 10 heterocycles. The largest absolute Gasteiger partial charge is 0.477 e. The number of alkyl carbamates (subject to hydrolysis) is 3. The molecule has 40 heteroatoms. The molecular weight excluding hydrogens is 1510 g/mol. The van der Waals surface area contributed by atoms with E-state index in [0.29, 0.717) is 119 Å². The molecule has 1 atom stereocenters. The summed E-state index contributed by atoms with van der Waals surface area (Å²) in [6.45, 7) is 37.0. The molecular formula is C76H112N20O20. The minimum absolute atomic E-state index is 0.00582. The van der Waals surface area contributed by atoms with Crippen LogP contribution in [0.3, 0.4) is 0 Å². The maximum atomic E-state index is 12.0. The van der Waals surface area contributed by atoms with Crippen LogP contribution in [0.25, 0.3) is 0 Å². The molecule has 5 aliphatic heterocycles. The molecule has 636 valence electrons. The van der Waals surface area contributed by atoms with Gasteiger partial charge < -0.3 is 99.9 Å². The number of nitrogens with one attached hydrogen (secondary N) is 4. The van der Waals surface area contributed by atoms with Crippen molar-refractivity contribution in [2.24, 2.45) is 17.8 Å². The number of carboxylic acids is 5. The summed E-state index contributed by atoms with van der Waals surface area (Å²) in [5.41, 5.74) is -2.65. The zero-order valence-corrected chi connectivity index (χ0v) is 68.7. The number of aromatic nitrogens is 10. The van der Waals surface area contributed by atoms with Crippen LogP contribution in [0.5, 0.6) is 0 Å². The van der Waals surface area contributed by atoms with Crippen LogP contribution in [-0.4, -0.2) is 278 Å². The number of carbonyl (C=O) groups excluding carboxylic acids is 5. The van der Waals surface area contributed by atoms with E-state index in [1.54, 1.807) is 9.80 Å². The first kappa shape index (κ1) is 93.0. The van der Waals surface area contributed by atoms with E-state index in [0.717, 1.165) is 64.6 Å². The number of piperidine rings is 3. The Morgan fingerprint density at radius 1 is 0.336 bits per heavy atom. The molecule has 40 nitrogen and oxygen atoms in total. The quantitative estimate of drug-likeness (QED) is 0.0393. The molecule has 0 spiro atoms. The second kappa shape index (κ2) is 42.5. The number of carbonyl (C=O) groups is 10. The highest BCUT2D eigenvalue weighted by Gasteiger charge is 2.32. The lowest BCUT2D eigenvalue weighted by Crippen LogP contribution is -2.50. The van der Waals surface area contributed by atoms with E-state index in [4.69, 9.17) is 49.2 Å². The summed E-state index contributed by atoms with van der Waals surface area (Å²) >= 11 is 0.